The Hall–Kier alpha value is -1.65. The Morgan fingerprint density at radius 3 is 2.39 bits per heavy atom. The zero-order chi connectivity index (χ0) is 16.4. The summed E-state index contributed by atoms with van der Waals surface area (Å²) < 4.78 is 5.49. The first-order valence-electron chi connectivity index (χ1n) is 7.57. The zero-order valence-electron chi connectivity index (χ0n) is 13.0. The van der Waals surface area contributed by atoms with Crippen LogP contribution in [0.2, 0.25) is 5.02 Å². The third-order valence-electron chi connectivity index (χ3n) is 3.73. The van der Waals surface area contributed by atoms with E-state index < -0.39 is 0 Å². The van der Waals surface area contributed by atoms with Gasteiger partial charge in [-0.15, -0.1) is 11.8 Å². The highest BCUT2D eigenvalue weighted by Crippen LogP contribution is 2.45. The lowest BCUT2D eigenvalue weighted by Crippen LogP contribution is -2.30. The van der Waals surface area contributed by atoms with E-state index in [1.54, 1.807) is 11.8 Å². The number of thioether (sulfide) groups is 1. The largest absolute Gasteiger partial charge is 0.494 e. The van der Waals surface area contributed by atoms with Gasteiger partial charge >= 0.3 is 0 Å². The number of amides is 1. The number of halogens is 1. The van der Waals surface area contributed by atoms with Crippen molar-refractivity contribution in [2.24, 2.45) is 0 Å². The van der Waals surface area contributed by atoms with Gasteiger partial charge in [-0.1, -0.05) is 23.7 Å². The standard InChI is InChI=1S/C18H18ClNO2S/c1-3-22-16-10-4-13(5-11-16)18-20(17(21)12(2)23-18)15-8-6-14(19)7-9-15/h4-12,18H,3H2,1-2H3/t12-,18-/m1/s1. The van der Waals surface area contributed by atoms with Crippen LogP contribution >= 0.6 is 23.4 Å². The maximum absolute atomic E-state index is 12.6. The number of carbonyl (C=O) groups is 1. The first-order valence-corrected chi connectivity index (χ1v) is 8.89. The minimum absolute atomic E-state index is 0.0330. The Morgan fingerprint density at radius 1 is 1.13 bits per heavy atom. The minimum Gasteiger partial charge on any atom is -0.494 e. The molecule has 2 atom stereocenters. The van der Waals surface area contributed by atoms with Gasteiger partial charge in [-0.2, -0.15) is 0 Å². The Balaban J connectivity index is 1.92. The van der Waals surface area contributed by atoms with Gasteiger partial charge < -0.3 is 4.74 Å². The lowest BCUT2D eigenvalue weighted by Gasteiger charge is -2.24. The van der Waals surface area contributed by atoms with E-state index in [0.717, 1.165) is 17.0 Å². The van der Waals surface area contributed by atoms with Crippen molar-refractivity contribution in [2.45, 2.75) is 24.5 Å². The van der Waals surface area contributed by atoms with Gasteiger partial charge in [0.25, 0.3) is 0 Å². The summed E-state index contributed by atoms with van der Waals surface area (Å²) in [6.45, 7) is 4.55. The molecule has 5 heteroatoms. The molecule has 0 bridgehead atoms. The molecule has 0 aliphatic carbocycles. The summed E-state index contributed by atoms with van der Waals surface area (Å²) in [7, 11) is 0. The van der Waals surface area contributed by atoms with Gasteiger partial charge in [-0.05, 0) is 55.8 Å². The molecule has 0 spiro atoms. The van der Waals surface area contributed by atoms with Crippen LogP contribution in [0.5, 0.6) is 5.75 Å². The maximum atomic E-state index is 12.6. The van der Waals surface area contributed by atoms with Crippen molar-refractivity contribution < 1.29 is 9.53 Å². The topological polar surface area (TPSA) is 29.5 Å². The van der Waals surface area contributed by atoms with E-state index in [1.807, 2.05) is 67.3 Å². The van der Waals surface area contributed by atoms with Gasteiger partial charge in [0, 0.05) is 10.7 Å². The quantitative estimate of drug-likeness (QED) is 0.787. The highest BCUT2D eigenvalue weighted by Gasteiger charge is 2.39. The van der Waals surface area contributed by atoms with Crippen molar-refractivity contribution in [3.05, 3.63) is 59.1 Å². The first-order chi connectivity index (χ1) is 11.1. The predicted molar refractivity (Wildman–Crippen MR) is 96.3 cm³/mol. The van der Waals surface area contributed by atoms with E-state index in [4.69, 9.17) is 16.3 Å². The molecule has 3 rings (SSSR count). The first kappa shape index (κ1) is 16.2. The van der Waals surface area contributed by atoms with Crippen LogP contribution in [0, 0.1) is 0 Å². The number of nitrogens with zero attached hydrogens (tertiary/aromatic N) is 1. The molecule has 2 aromatic rings. The molecule has 1 saturated heterocycles. The summed E-state index contributed by atoms with van der Waals surface area (Å²) in [4.78, 5) is 14.4. The molecule has 1 amide bonds. The number of carbonyl (C=O) groups excluding carboxylic acids is 1. The fourth-order valence-electron chi connectivity index (χ4n) is 2.61. The van der Waals surface area contributed by atoms with E-state index in [-0.39, 0.29) is 16.5 Å². The molecule has 2 aromatic carbocycles. The Morgan fingerprint density at radius 2 is 1.78 bits per heavy atom. The monoisotopic (exact) mass is 347 g/mol. The smallest absolute Gasteiger partial charge is 0.241 e. The summed E-state index contributed by atoms with van der Waals surface area (Å²) in [5, 5.41) is 0.565. The Bertz CT molecular complexity index is 687. The third-order valence-corrected chi connectivity index (χ3v) is 5.34. The molecule has 0 radical (unpaired) electrons. The number of rotatable bonds is 4. The van der Waals surface area contributed by atoms with Crippen LogP contribution in [-0.2, 0) is 4.79 Å². The molecule has 0 saturated carbocycles. The van der Waals surface area contributed by atoms with Crippen molar-refractivity contribution in [1.82, 2.24) is 0 Å². The molecule has 0 aromatic heterocycles. The van der Waals surface area contributed by atoms with Crippen molar-refractivity contribution in [2.75, 3.05) is 11.5 Å². The minimum atomic E-state index is -0.0674. The highest BCUT2D eigenvalue weighted by molar-refractivity contribution is 8.01. The summed E-state index contributed by atoms with van der Waals surface area (Å²) in [6, 6.07) is 15.4. The summed E-state index contributed by atoms with van der Waals surface area (Å²) >= 11 is 7.62. The van der Waals surface area contributed by atoms with E-state index >= 15 is 0 Å². The highest BCUT2D eigenvalue weighted by atomic mass is 35.5. The third kappa shape index (κ3) is 3.33. The second-order valence-corrected chi connectivity index (χ2v) is 7.18. The Kier molecular flexibility index (Phi) is 4.83. The molecule has 0 unspecified atom stereocenters. The second kappa shape index (κ2) is 6.85. The fraction of sp³-hybridized carbons (Fsp3) is 0.278. The van der Waals surface area contributed by atoms with E-state index in [0.29, 0.717) is 11.6 Å². The molecule has 23 heavy (non-hydrogen) atoms. The average molecular weight is 348 g/mol. The SMILES string of the molecule is CCOc1ccc([C@H]2S[C@H](C)C(=O)N2c2ccc(Cl)cc2)cc1. The molecular weight excluding hydrogens is 330 g/mol. The lowest BCUT2D eigenvalue weighted by atomic mass is 10.1. The zero-order valence-corrected chi connectivity index (χ0v) is 14.6. The van der Waals surface area contributed by atoms with Gasteiger partial charge in [0.1, 0.15) is 11.1 Å². The molecule has 1 heterocycles. The van der Waals surface area contributed by atoms with Crippen LogP contribution in [-0.4, -0.2) is 17.8 Å². The van der Waals surface area contributed by atoms with Crippen LogP contribution in [0.25, 0.3) is 0 Å². The molecule has 3 nitrogen and oxygen atoms in total. The van der Waals surface area contributed by atoms with Crippen LogP contribution in [0.3, 0.4) is 0 Å². The normalized spacial score (nSPS) is 20.8. The van der Waals surface area contributed by atoms with Crippen LogP contribution < -0.4 is 9.64 Å². The van der Waals surface area contributed by atoms with Gasteiger partial charge in [0.05, 0.1) is 11.9 Å². The molecule has 1 aliphatic rings. The van der Waals surface area contributed by atoms with E-state index in [1.165, 1.54) is 0 Å². The molecule has 1 fully saturated rings. The summed E-state index contributed by atoms with van der Waals surface area (Å²) in [5.74, 6) is 0.966. The van der Waals surface area contributed by atoms with Gasteiger partial charge in [0.15, 0.2) is 0 Å². The average Bonchev–Trinajstić information content (AvgIpc) is 2.85. The van der Waals surface area contributed by atoms with Gasteiger partial charge in [-0.3, -0.25) is 9.69 Å². The van der Waals surface area contributed by atoms with Crippen molar-refractivity contribution in [3.8, 4) is 5.75 Å². The fourth-order valence-corrected chi connectivity index (χ4v) is 4.02. The van der Waals surface area contributed by atoms with E-state index in [9.17, 15) is 4.79 Å². The van der Waals surface area contributed by atoms with Crippen molar-refractivity contribution in [3.63, 3.8) is 0 Å². The second-order valence-electron chi connectivity index (χ2n) is 5.32. The van der Waals surface area contributed by atoms with Crippen LogP contribution in [0.1, 0.15) is 24.8 Å². The Labute approximate surface area is 145 Å². The number of ether oxygens (including phenoxy) is 1. The van der Waals surface area contributed by atoms with Crippen LogP contribution in [0.4, 0.5) is 5.69 Å². The molecule has 0 N–H and O–H groups in total. The maximum Gasteiger partial charge on any atom is 0.241 e. The number of hydrogen-bond acceptors (Lipinski definition) is 3. The van der Waals surface area contributed by atoms with Crippen LogP contribution in [0.15, 0.2) is 48.5 Å². The molecule has 1 aliphatic heterocycles. The molecular formula is C18H18ClNO2S. The lowest BCUT2D eigenvalue weighted by molar-refractivity contribution is -0.117. The summed E-state index contributed by atoms with van der Waals surface area (Å²) in [5.41, 5.74) is 1.96. The van der Waals surface area contributed by atoms with E-state index in [2.05, 4.69) is 0 Å². The van der Waals surface area contributed by atoms with Crippen molar-refractivity contribution >= 4 is 35.0 Å². The van der Waals surface area contributed by atoms with Gasteiger partial charge in [-0.25, -0.2) is 0 Å². The number of hydrogen-bond donors (Lipinski definition) is 0. The number of benzene rings is 2. The predicted octanol–water partition coefficient (Wildman–Crippen LogP) is 4.91. The summed E-state index contributed by atoms with van der Waals surface area (Å²) in [6.07, 6.45) is 0. The molecule has 120 valence electrons. The number of anilines is 1. The van der Waals surface area contributed by atoms with Crippen molar-refractivity contribution in [1.29, 1.82) is 0 Å². The van der Waals surface area contributed by atoms with Gasteiger partial charge in [0.2, 0.25) is 5.91 Å².